The number of hydrogen-bond acceptors (Lipinski definition) is 8. The molecule has 3 aromatic rings. The van der Waals surface area contributed by atoms with Gasteiger partial charge in [-0.05, 0) is 48.0 Å². The molecule has 1 fully saturated rings. The van der Waals surface area contributed by atoms with E-state index in [1.54, 1.807) is 66.9 Å². The first-order valence-electron chi connectivity index (χ1n) is 9.88. The summed E-state index contributed by atoms with van der Waals surface area (Å²) in [5.74, 6) is 1.17. The van der Waals surface area contributed by atoms with E-state index < -0.39 is 5.97 Å². The normalized spacial score (nSPS) is 14.6. The van der Waals surface area contributed by atoms with Gasteiger partial charge in [0.15, 0.2) is 18.1 Å². The van der Waals surface area contributed by atoms with Crippen molar-refractivity contribution in [3.8, 4) is 17.2 Å². The molecule has 4 rings (SSSR count). The Kier molecular flexibility index (Phi) is 7.11. The third kappa shape index (κ3) is 5.63. The van der Waals surface area contributed by atoms with Gasteiger partial charge in [0.25, 0.3) is 5.91 Å². The molecule has 0 saturated carbocycles. The van der Waals surface area contributed by atoms with Crippen LogP contribution in [0.25, 0.3) is 6.08 Å². The van der Waals surface area contributed by atoms with E-state index in [2.05, 4.69) is 0 Å². The number of para-hydroxylation sites is 1. The summed E-state index contributed by atoms with van der Waals surface area (Å²) in [5.41, 5.74) is 0.726. The Bertz CT molecular complexity index is 1190. The first-order chi connectivity index (χ1) is 16.0. The van der Waals surface area contributed by atoms with E-state index in [9.17, 15) is 9.59 Å². The first kappa shape index (κ1) is 22.6. The number of methoxy groups -OCH3 is 1. The summed E-state index contributed by atoms with van der Waals surface area (Å²) in [5, 5.41) is 0. The SMILES string of the molecule is COc1cc(/C=C2\SC(=S)N(Cc3ccco3)C2=O)ccc1OCC(=O)Oc1ccccc1. The summed E-state index contributed by atoms with van der Waals surface area (Å²) >= 11 is 6.58. The highest BCUT2D eigenvalue weighted by molar-refractivity contribution is 8.26. The van der Waals surface area contributed by atoms with Crippen molar-refractivity contribution in [3.63, 3.8) is 0 Å². The molecule has 1 aromatic heterocycles. The number of hydrogen-bond donors (Lipinski definition) is 0. The summed E-state index contributed by atoms with van der Waals surface area (Å²) in [6.45, 7) is 0.000223. The van der Waals surface area contributed by atoms with Crippen LogP contribution in [0, 0.1) is 0 Å². The van der Waals surface area contributed by atoms with E-state index >= 15 is 0 Å². The molecule has 0 spiro atoms. The second-order valence-corrected chi connectivity index (χ2v) is 8.51. The highest BCUT2D eigenvalue weighted by Crippen LogP contribution is 2.35. The Morgan fingerprint density at radius 3 is 2.67 bits per heavy atom. The molecule has 0 aliphatic carbocycles. The molecule has 2 aromatic carbocycles. The van der Waals surface area contributed by atoms with Crippen LogP contribution in [0.4, 0.5) is 0 Å². The van der Waals surface area contributed by atoms with Gasteiger partial charge in [-0.2, -0.15) is 0 Å². The largest absolute Gasteiger partial charge is 0.493 e. The van der Waals surface area contributed by atoms with Crippen LogP contribution < -0.4 is 14.2 Å². The fourth-order valence-electron chi connectivity index (χ4n) is 3.03. The molecule has 0 N–H and O–H groups in total. The van der Waals surface area contributed by atoms with Crippen LogP contribution in [-0.2, 0) is 16.1 Å². The number of rotatable bonds is 8. The Morgan fingerprint density at radius 1 is 1.12 bits per heavy atom. The molecule has 0 bridgehead atoms. The van der Waals surface area contributed by atoms with Gasteiger partial charge in [-0.25, -0.2) is 4.79 Å². The zero-order valence-corrected chi connectivity index (χ0v) is 19.2. The zero-order chi connectivity index (χ0) is 23.2. The third-order valence-corrected chi connectivity index (χ3v) is 5.95. The van der Waals surface area contributed by atoms with E-state index in [4.69, 9.17) is 30.8 Å². The van der Waals surface area contributed by atoms with Gasteiger partial charge in [0.1, 0.15) is 15.8 Å². The number of ether oxygens (including phenoxy) is 3. The van der Waals surface area contributed by atoms with Crippen molar-refractivity contribution >= 4 is 46.3 Å². The van der Waals surface area contributed by atoms with Crippen molar-refractivity contribution in [1.29, 1.82) is 0 Å². The molecule has 7 nitrogen and oxygen atoms in total. The van der Waals surface area contributed by atoms with Crippen molar-refractivity contribution in [2.45, 2.75) is 6.54 Å². The second-order valence-electron chi connectivity index (χ2n) is 6.83. The van der Waals surface area contributed by atoms with Gasteiger partial charge in [-0.3, -0.25) is 9.69 Å². The number of thioether (sulfide) groups is 1. The van der Waals surface area contributed by atoms with Crippen LogP contribution >= 0.6 is 24.0 Å². The quantitative estimate of drug-likeness (QED) is 0.199. The lowest BCUT2D eigenvalue weighted by molar-refractivity contribution is -0.136. The maximum Gasteiger partial charge on any atom is 0.349 e. The standard InChI is InChI=1S/C24H19NO6S2/c1-28-20-12-16(9-10-19(20)30-15-22(26)31-17-6-3-2-4-7-17)13-21-23(27)25(24(32)33-21)14-18-8-5-11-29-18/h2-13H,14-15H2,1H3/b21-13-. The van der Waals surface area contributed by atoms with Crippen LogP contribution in [0.15, 0.2) is 76.2 Å². The van der Waals surface area contributed by atoms with Gasteiger partial charge in [0.2, 0.25) is 0 Å². The van der Waals surface area contributed by atoms with Crippen LogP contribution in [0.2, 0.25) is 0 Å². The summed E-state index contributed by atoms with van der Waals surface area (Å²) in [6, 6.07) is 17.5. The summed E-state index contributed by atoms with van der Waals surface area (Å²) in [7, 11) is 1.50. The number of furan rings is 1. The topological polar surface area (TPSA) is 78.2 Å². The van der Waals surface area contributed by atoms with Gasteiger partial charge in [-0.15, -0.1) is 0 Å². The molecule has 9 heteroatoms. The summed E-state index contributed by atoms with van der Waals surface area (Å²) in [4.78, 5) is 26.8. The fraction of sp³-hybridized carbons (Fsp3) is 0.125. The number of carbonyl (C=O) groups is 2. The van der Waals surface area contributed by atoms with Crippen molar-refractivity contribution in [2.24, 2.45) is 0 Å². The van der Waals surface area contributed by atoms with Crippen LogP contribution in [0.3, 0.4) is 0 Å². The Morgan fingerprint density at radius 2 is 1.94 bits per heavy atom. The van der Waals surface area contributed by atoms with Gasteiger partial charge in [-0.1, -0.05) is 48.2 Å². The van der Waals surface area contributed by atoms with Crippen molar-refractivity contribution in [3.05, 3.63) is 83.2 Å². The minimum Gasteiger partial charge on any atom is -0.493 e. The zero-order valence-electron chi connectivity index (χ0n) is 17.6. The van der Waals surface area contributed by atoms with Crippen LogP contribution in [-0.4, -0.2) is 34.8 Å². The number of amides is 1. The van der Waals surface area contributed by atoms with Gasteiger partial charge < -0.3 is 18.6 Å². The molecular formula is C24H19NO6S2. The van der Waals surface area contributed by atoms with E-state index in [-0.39, 0.29) is 19.1 Å². The lowest BCUT2D eigenvalue weighted by Crippen LogP contribution is -2.27. The number of esters is 1. The molecule has 1 saturated heterocycles. The molecule has 1 aliphatic heterocycles. The minimum atomic E-state index is -0.535. The lowest BCUT2D eigenvalue weighted by atomic mass is 10.2. The third-order valence-electron chi connectivity index (χ3n) is 4.57. The fourth-order valence-corrected chi connectivity index (χ4v) is 4.28. The molecule has 1 amide bonds. The molecule has 0 atom stereocenters. The molecular weight excluding hydrogens is 462 g/mol. The van der Waals surface area contributed by atoms with Crippen molar-refractivity contribution in [1.82, 2.24) is 4.90 Å². The Balaban J connectivity index is 1.42. The smallest absolute Gasteiger partial charge is 0.349 e. The second kappa shape index (κ2) is 10.4. The number of nitrogens with zero attached hydrogens (tertiary/aromatic N) is 1. The highest BCUT2D eigenvalue weighted by atomic mass is 32.2. The Hall–Kier alpha value is -3.56. The molecule has 1 aliphatic rings. The van der Waals surface area contributed by atoms with Crippen molar-refractivity contribution < 1.29 is 28.2 Å². The van der Waals surface area contributed by atoms with E-state index in [0.29, 0.717) is 32.2 Å². The first-order valence-corrected chi connectivity index (χ1v) is 11.1. The Labute approximate surface area is 199 Å². The number of thiocarbonyl (C=S) groups is 1. The van der Waals surface area contributed by atoms with Gasteiger partial charge in [0.05, 0.1) is 24.8 Å². The molecule has 0 unspecified atom stereocenters. The molecule has 33 heavy (non-hydrogen) atoms. The van der Waals surface area contributed by atoms with Crippen molar-refractivity contribution in [2.75, 3.05) is 13.7 Å². The average Bonchev–Trinajstić information content (AvgIpc) is 3.43. The van der Waals surface area contributed by atoms with Gasteiger partial charge >= 0.3 is 5.97 Å². The summed E-state index contributed by atoms with van der Waals surface area (Å²) < 4.78 is 22.0. The van der Waals surface area contributed by atoms with Gasteiger partial charge in [0, 0.05) is 0 Å². The van der Waals surface area contributed by atoms with E-state index in [1.165, 1.54) is 23.8 Å². The van der Waals surface area contributed by atoms with Crippen LogP contribution in [0.5, 0.6) is 17.2 Å². The predicted octanol–water partition coefficient (Wildman–Crippen LogP) is 4.67. The maximum absolute atomic E-state index is 12.8. The monoisotopic (exact) mass is 481 g/mol. The van der Waals surface area contributed by atoms with Crippen LogP contribution in [0.1, 0.15) is 11.3 Å². The van der Waals surface area contributed by atoms with E-state index in [0.717, 1.165) is 5.56 Å². The molecule has 168 valence electrons. The number of carbonyl (C=O) groups excluding carboxylic acids is 2. The molecule has 0 radical (unpaired) electrons. The summed E-state index contributed by atoms with van der Waals surface area (Å²) in [6.07, 6.45) is 3.29. The maximum atomic E-state index is 12.8. The molecule has 2 heterocycles. The highest BCUT2D eigenvalue weighted by Gasteiger charge is 2.32. The average molecular weight is 482 g/mol. The lowest BCUT2D eigenvalue weighted by Gasteiger charge is -2.12. The number of benzene rings is 2. The van der Waals surface area contributed by atoms with E-state index in [1.807, 2.05) is 6.07 Å². The minimum absolute atomic E-state index is 0.190. The predicted molar refractivity (Wildman–Crippen MR) is 128 cm³/mol.